The standard InChI is InChI=1S/C35H50N4O9/c1-6-22(2)31-33(44)36-16-7-17-46-25-12-8-24(9-13-25)19-28(32(43)39-31)37-20-29(40)27(38-34(45)48-35(3,4)5)18-23-10-14-26(15-11-23)47-21-30(41)42/h8-15,22,27-29,31,37,40H,6-7,16-21H2,1-5H3,(H,36,44)(H,38,45)(H,39,43)(H,41,42)/t22?,27-,28-,29-,31-/m0/s1. The zero-order chi connectivity index (χ0) is 35.3. The molecule has 4 rings (SSSR count). The van der Waals surface area contributed by atoms with Crippen LogP contribution in [0.15, 0.2) is 48.5 Å². The van der Waals surface area contributed by atoms with Gasteiger partial charge in [-0.3, -0.25) is 9.59 Å². The summed E-state index contributed by atoms with van der Waals surface area (Å²) in [4.78, 5) is 50.5. The minimum Gasteiger partial charge on any atom is -0.494 e. The fourth-order valence-electron chi connectivity index (χ4n) is 5.02. The van der Waals surface area contributed by atoms with Crippen LogP contribution in [-0.4, -0.2) is 90.2 Å². The van der Waals surface area contributed by atoms with Crippen LogP contribution < -0.4 is 30.7 Å². The molecule has 0 aliphatic carbocycles. The first kappa shape index (κ1) is 38.1. The maximum Gasteiger partial charge on any atom is 0.407 e. The molecule has 264 valence electrons. The predicted octanol–water partition coefficient (Wildman–Crippen LogP) is 2.58. The number of carboxylic acids is 1. The summed E-state index contributed by atoms with van der Waals surface area (Å²) in [7, 11) is 0. The molecule has 0 radical (unpaired) electrons. The van der Waals surface area contributed by atoms with Crippen molar-refractivity contribution >= 4 is 23.9 Å². The van der Waals surface area contributed by atoms with Gasteiger partial charge in [-0.2, -0.15) is 0 Å². The normalized spacial score (nSPS) is 19.3. The summed E-state index contributed by atoms with van der Waals surface area (Å²) >= 11 is 0. The minimum atomic E-state index is -1.17. The largest absolute Gasteiger partial charge is 0.494 e. The maximum atomic E-state index is 13.8. The predicted molar refractivity (Wildman–Crippen MR) is 179 cm³/mol. The van der Waals surface area contributed by atoms with Gasteiger partial charge in [0.1, 0.15) is 23.1 Å². The third-order valence-electron chi connectivity index (χ3n) is 7.84. The lowest BCUT2D eigenvalue weighted by atomic mass is 9.96. The number of carboxylic acid groups (broad SMARTS) is 1. The third-order valence-corrected chi connectivity index (χ3v) is 7.84. The van der Waals surface area contributed by atoms with Crippen molar-refractivity contribution in [3.63, 3.8) is 0 Å². The highest BCUT2D eigenvalue weighted by Crippen LogP contribution is 2.17. The molecule has 2 heterocycles. The lowest BCUT2D eigenvalue weighted by Gasteiger charge is -2.29. The van der Waals surface area contributed by atoms with Crippen molar-refractivity contribution in [2.45, 2.75) is 90.1 Å². The van der Waals surface area contributed by atoms with Crippen LogP contribution in [0.2, 0.25) is 0 Å². The van der Waals surface area contributed by atoms with Crippen LogP contribution in [0.1, 0.15) is 58.6 Å². The monoisotopic (exact) mass is 670 g/mol. The summed E-state index contributed by atoms with van der Waals surface area (Å²) in [6.45, 7) is 9.32. The Kier molecular flexibility index (Phi) is 14.5. The first-order valence-corrected chi connectivity index (χ1v) is 16.4. The molecule has 13 nitrogen and oxygen atoms in total. The molecule has 2 aliphatic rings. The summed E-state index contributed by atoms with van der Waals surface area (Å²) in [5.41, 5.74) is 0.801. The number of alkyl carbamates (subject to hydrolysis) is 1. The zero-order valence-corrected chi connectivity index (χ0v) is 28.4. The Labute approximate surface area is 282 Å². The topological polar surface area (TPSA) is 185 Å². The summed E-state index contributed by atoms with van der Waals surface area (Å²) in [5, 5.41) is 32.1. The van der Waals surface area contributed by atoms with E-state index < -0.39 is 54.4 Å². The quantitative estimate of drug-likeness (QED) is 0.196. The van der Waals surface area contributed by atoms with E-state index in [1.54, 1.807) is 45.0 Å². The molecular weight excluding hydrogens is 620 g/mol. The molecule has 48 heavy (non-hydrogen) atoms. The SMILES string of the molecule is CCC(C)[C@@H]1NC(=O)[C@@H](NC[C@H](O)[C@H](Cc2ccc(OCC(=O)O)cc2)NC(=O)OC(C)(C)C)Cc2ccc(cc2)OCCCNC1=O. The summed E-state index contributed by atoms with van der Waals surface area (Å²) in [6.07, 6.45) is -0.160. The van der Waals surface area contributed by atoms with E-state index in [0.29, 0.717) is 37.5 Å². The number of hydrogen-bond donors (Lipinski definition) is 6. The van der Waals surface area contributed by atoms with E-state index in [4.69, 9.17) is 19.3 Å². The van der Waals surface area contributed by atoms with Gasteiger partial charge in [-0.15, -0.1) is 0 Å². The number of aliphatic hydroxyl groups excluding tert-OH is 1. The number of aliphatic hydroxyl groups is 1. The molecule has 0 fully saturated rings. The molecule has 2 aliphatic heterocycles. The molecule has 1 unspecified atom stereocenters. The number of rotatable bonds is 12. The molecule has 0 spiro atoms. The van der Waals surface area contributed by atoms with Crippen LogP contribution >= 0.6 is 0 Å². The van der Waals surface area contributed by atoms with Crippen LogP contribution in [0.25, 0.3) is 0 Å². The van der Waals surface area contributed by atoms with Crippen LogP contribution in [0.5, 0.6) is 11.5 Å². The van der Waals surface area contributed by atoms with Crippen LogP contribution in [0, 0.1) is 5.92 Å². The van der Waals surface area contributed by atoms with Crippen molar-refractivity contribution in [3.8, 4) is 11.5 Å². The first-order valence-electron chi connectivity index (χ1n) is 16.4. The van der Waals surface area contributed by atoms with Gasteiger partial charge >= 0.3 is 12.1 Å². The Morgan fingerprint density at radius 2 is 1.75 bits per heavy atom. The van der Waals surface area contributed by atoms with E-state index >= 15 is 0 Å². The van der Waals surface area contributed by atoms with E-state index in [1.807, 2.05) is 38.1 Å². The average molecular weight is 671 g/mol. The number of amides is 3. The van der Waals surface area contributed by atoms with Crippen molar-refractivity contribution in [3.05, 3.63) is 59.7 Å². The van der Waals surface area contributed by atoms with Crippen molar-refractivity contribution in [2.75, 3.05) is 26.3 Å². The molecule has 2 bridgehead atoms. The van der Waals surface area contributed by atoms with E-state index in [9.17, 15) is 24.3 Å². The van der Waals surface area contributed by atoms with Gasteiger partial charge in [0.2, 0.25) is 11.8 Å². The minimum absolute atomic E-state index is 0.0836. The Morgan fingerprint density at radius 3 is 2.38 bits per heavy atom. The van der Waals surface area contributed by atoms with Gasteiger partial charge in [0.25, 0.3) is 0 Å². The highest BCUT2D eigenvalue weighted by molar-refractivity contribution is 5.90. The molecule has 0 saturated carbocycles. The summed E-state index contributed by atoms with van der Waals surface area (Å²) < 4.78 is 16.5. The van der Waals surface area contributed by atoms with Gasteiger partial charge in [0.05, 0.1) is 24.8 Å². The number of carbonyl (C=O) groups is 4. The van der Waals surface area contributed by atoms with Crippen molar-refractivity contribution in [2.24, 2.45) is 5.92 Å². The molecule has 2 aromatic carbocycles. The van der Waals surface area contributed by atoms with Crippen molar-refractivity contribution < 1.29 is 43.6 Å². The van der Waals surface area contributed by atoms with E-state index in [1.165, 1.54) is 0 Å². The number of ether oxygens (including phenoxy) is 3. The molecule has 3 amide bonds. The van der Waals surface area contributed by atoms with E-state index in [2.05, 4.69) is 21.3 Å². The average Bonchev–Trinajstić information content (AvgIpc) is 3.04. The molecule has 0 aromatic heterocycles. The van der Waals surface area contributed by atoms with Gasteiger partial charge in [-0.05, 0) is 81.3 Å². The van der Waals surface area contributed by atoms with Gasteiger partial charge in [0.15, 0.2) is 6.61 Å². The Bertz CT molecular complexity index is 1350. The number of nitrogens with one attached hydrogen (secondary N) is 4. The zero-order valence-electron chi connectivity index (χ0n) is 28.4. The fourth-order valence-corrected chi connectivity index (χ4v) is 5.02. The van der Waals surface area contributed by atoms with Crippen LogP contribution in [0.3, 0.4) is 0 Å². The summed E-state index contributed by atoms with van der Waals surface area (Å²) in [5.74, 6) is -0.857. The molecule has 13 heteroatoms. The molecule has 2 aromatic rings. The van der Waals surface area contributed by atoms with E-state index in [0.717, 1.165) is 11.1 Å². The Morgan fingerprint density at radius 1 is 1.06 bits per heavy atom. The number of carbonyl (C=O) groups excluding carboxylic acids is 3. The van der Waals surface area contributed by atoms with Crippen LogP contribution in [0.4, 0.5) is 4.79 Å². The highest BCUT2D eigenvalue weighted by Gasteiger charge is 2.31. The van der Waals surface area contributed by atoms with Crippen LogP contribution in [-0.2, 0) is 32.0 Å². The Hall–Kier alpha value is -4.36. The molecular formula is C35H50N4O9. The molecule has 6 N–H and O–H groups in total. The smallest absolute Gasteiger partial charge is 0.407 e. The van der Waals surface area contributed by atoms with E-state index in [-0.39, 0.29) is 31.2 Å². The van der Waals surface area contributed by atoms with Gasteiger partial charge < -0.3 is 45.7 Å². The molecule has 5 atom stereocenters. The number of benzene rings is 2. The number of fused-ring (bicyclic) bond motifs is 12. The van der Waals surface area contributed by atoms with Crippen molar-refractivity contribution in [1.82, 2.24) is 21.3 Å². The number of aliphatic carboxylic acids is 1. The van der Waals surface area contributed by atoms with Crippen molar-refractivity contribution in [1.29, 1.82) is 0 Å². The van der Waals surface area contributed by atoms with Gasteiger partial charge in [-0.1, -0.05) is 44.5 Å². The highest BCUT2D eigenvalue weighted by atomic mass is 16.6. The number of hydrogen-bond acceptors (Lipinski definition) is 9. The summed E-state index contributed by atoms with van der Waals surface area (Å²) in [6, 6.07) is 11.6. The lowest BCUT2D eigenvalue weighted by molar-refractivity contribution is -0.139. The molecule has 0 saturated heterocycles. The third kappa shape index (κ3) is 13.0. The fraction of sp³-hybridized carbons (Fsp3) is 0.543. The lowest BCUT2D eigenvalue weighted by Crippen LogP contribution is -2.57. The second kappa shape index (κ2) is 18.3. The van der Waals surface area contributed by atoms with Gasteiger partial charge in [0, 0.05) is 13.1 Å². The van der Waals surface area contributed by atoms with Gasteiger partial charge in [-0.25, -0.2) is 9.59 Å². The second-order valence-corrected chi connectivity index (χ2v) is 13.0. The Balaban J connectivity index is 1.82. The first-order chi connectivity index (χ1) is 22.7. The second-order valence-electron chi connectivity index (χ2n) is 13.0. The maximum absolute atomic E-state index is 13.8.